The van der Waals surface area contributed by atoms with Gasteiger partial charge in [-0.1, -0.05) is 42.0 Å². The van der Waals surface area contributed by atoms with Gasteiger partial charge in [0.15, 0.2) is 0 Å². The second-order valence-corrected chi connectivity index (χ2v) is 7.04. The molecule has 0 aliphatic heterocycles. The molecule has 3 nitrogen and oxygen atoms in total. The number of nitrogens with zero attached hydrogens (tertiary/aromatic N) is 1. The van der Waals surface area contributed by atoms with E-state index in [0.717, 1.165) is 33.6 Å². The Kier molecular flexibility index (Phi) is 3.26. The summed E-state index contributed by atoms with van der Waals surface area (Å²) in [5, 5.41) is 0. The number of anilines is 1. The topological polar surface area (TPSA) is 48.0 Å². The lowest BCUT2D eigenvalue weighted by molar-refractivity contribution is 0.278. The fourth-order valence-electron chi connectivity index (χ4n) is 3.10. The summed E-state index contributed by atoms with van der Waals surface area (Å²) >= 11 is 1.34. The minimum Gasteiger partial charge on any atom is -0.398 e. The van der Waals surface area contributed by atoms with Crippen molar-refractivity contribution in [1.82, 2.24) is 4.57 Å². The molecule has 1 heterocycles. The fourth-order valence-corrected chi connectivity index (χ4v) is 4.04. The standard InChI is InChI=1S/C18H18N2OS/c19-15-7-2-1-6-14(15)13-8-9-16-17(10-13)22-18(21)20(16)11-12-4-3-5-12/h1-2,6-10,12H,3-5,11,19H2. The number of hydrogen-bond donors (Lipinski definition) is 1. The van der Waals surface area contributed by atoms with Crippen LogP contribution < -0.4 is 10.6 Å². The maximum atomic E-state index is 12.3. The number of rotatable bonds is 3. The maximum Gasteiger partial charge on any atom is 0.308 e. The van der Waals surface area contributed by atoms with Crippen LogP contribution >= 0.6 is 11.3 Å². The van der Waals surface area contributed by atoms with Crippen LogP contribution in [0.5, 0.6) is 0 Å². The highest BCUT2D eigenvalue weighted by Gasteiger charge is 2.20. The minimum absolute atomic E-state index is 0.153. The Bertz CT molecular complexity index is 889. The molecule has 1 aromatic heterocycles. The highest BCUT2D eigenvalue weighted by Crippen LogP contribution is 2.32. The van der Waals surface area contributed by atoms with Crippen molar-refractivity contribution < 1.29 is 0 Å². The Balaban J connectivity index is 1.79. The maximum absolute atomic E-state index is 12.3. The third kappa shape index (κ3) is 2.24. The molecule has 1 fully saturated rings. The van der Waals surface area contributed by atoms with Crippen molar-refractivity contribution in [3.63, 3.8) is 0 Å². The van der Waals surface area contributed by atoms with Crippen LogP contribution in [-0.4, -0.2) is 4.57 Å². The molecule has 2 N–H and O–H groups in total. The van der Waals surface area contributed by atoms with Gasteiger partial charge in [0.2, 0.25) is 0 Å². The quantitative estimate of drug-likeness (QED) is 0.740. The average Bonchev–Trinajstić information content (AvgIpc) is 2.78. The van der Waals surface area contributed by atoms with Crippen LogP contribution in [0.3, 0.4) is 0 Å². The number of hydrogen-bond acceptors (Lipinski definition) is 3. The summed E-state index contributed by atoms with van der Waals surface area (Å²) in [6.07, 6.45) is 3.81. The lowest BCUT2D eigenvalue weighted by Crippen LogP contribution is -2.23. The lowest BCUT2D eigenvalue weighted by atomic mass is 9.85. The van der Waals surface area contributed by atoms with Crippen molar-refractivity contribution in [3.8, 4) is 11.1 Å². The van der Waals surface area contributed by atoms with E-state index in [1.54, 1.807) is 0 Å². The number of aromatic nitrogens is 1. The van der Waals surface area contributed by atoms with Gasteiger partial charge in [-0.25, -0.2) is 0 Å². The van der Waals surface area contributed by atoms with Gasteiger partial charge in [-0.2, -0.15) is 0 Å². The fraction of sp³-hybridized carbons (Fsp3) is 0.278. The molecule has 22 heavy (non-hydrogen) atoms. The van der Waals surface area contributed by atoms with Gasteiger partial charge < -0.3 is 5.73 Å². The first-order valence-corrected chi connectivity index (χ1v) is 8.52. The van der Waals surface area contributed by atoms with Crippen molar-refractivity contribution in [2.75, 3.05) is 5.73 Å². The highest BCUT2D eigenvalue weighted by molar-refractivity contribution is 7.16. The van der Waals surface area contributed by atoms with Crippen LogP contribution in [0.4, 0.5) is 5.69 Å². The molecule has 1 saturated carbocycles. The third-order valence-corrected chi connectivity index (χ3v) is 5.55. The third-order valence-electron chi connectivity index (χ3n) is 4.61. The minimum atomic E-state index is 0.153. The van der Waals surface area contributed by atoms with Gasteiger partial charge in [-0.15, -0.1) is 0 Å². The molecule has 0 unspecified atom stereocenters. The zero-order valence-electron chi connectivity index (χ0n) is 12.3. The van der Waals surface area contributed by atoms with E-state index < -0.39 is 0 Å². The molecule has 3 aromatic rings. The summed E-state index contributed by atoms with van der Waals surface area (Å²) in [6.45, 7) is 0.867. The van der Waals surface area contributed by atoms with E-state index in [4.69, 9.17) is 5.73 Å². The number of para-hydroxylation sites is 1. The predicted octanol–water partition coefficient (Wildman–Crippen LogP) is 4.11. The Morgan fingerprint density at radius 1 is 1.18 bits per heavy atom. The van der Waals surface area contributed by atoms with Gasteiger partial charge in [-0.3, -0.25) is 9.36 Å². The van der Waals surface area contributed by atoms with Gasteiger partial charge >= 0.3 is 4.87 Å². The van der Waals surface area contributed by atoms with Crippen molar-refractivity contribution in [1.29, 1.82) is 0 Å². The van der Waals surface area contributed by atoms with Crippen molar-refractivity contribution >= 4 is 27.2 Å². The number of nitrogens with two attached hydrogens (primary N) is 1. The molecule has 0 saturated heterocycles. The summed E-state index contributed by atoms with van der Waals surface area (Å²) in [6, 6.07) is 14.1. The van der Waals surface area contributed by atoms with Crippen LogP contribution in [-0.2, 0) is 6.54 Å². The zero-order chi connectivity index (χ0) is 15.1. The molecule has 0 bridgehead atoms. The number of fused-ring (bicyclic) bond motifs is 1. The number of thiazole rings is 1. The summed E-state index contributed by atoms with van der Waals surface area (Å²) in [5.41, 5.74) is 9.98. The lowest BCUT2D eigenvalue weighted by Gasteiger charge is -2.25. The molecular formula is C18H18N2OS. The summed E-state index contributed by atoms with van der Waals surface area (Å²) < 4.78 is 2.99. The summed E-state index contributed by atoms with van der Waals surface area (Å²) in [5.74, 6) is 0.681. The van der Waals surface area contributed by atoms with Crippen LogP contribution in [0.25, 0.3) is 21.3 Å². The van der Waals surface area contributed by atoms with Crippen molar-refractivity contribution in [2.45, 2.75) is 25.8 Å². The monoisotopic (exact) mass is 310 g/mol. The van der Waals surface area contributed by atoms with Gasteiger partial charge in [-0.05, 0) is 42.5 Å². The van der Waals surface area contributed by atoms with Gasteiger partial charge in [0.05, 0.1) is 10.2 Å². The molecule has 1 aliphatic carbocycles. The molecule has 112 valence electrons. The van der Waals surface area contributed by atoms with E-state index in [-0.39, 0.29) is 4.87 Å². The van der Waals surface area contributed by atoms with Gasteiger partial charge in [0, 0.05) is 17.8 Å². The van der Waals surface area contributed by atoms with E-state index in [2.05, 4.69) is 18.2 Å². The van der Waals surface area contributed by atoms with E-state index in [1.807, 2.05) is 28.8 Å². The molecule has 0 spiro atoms. The van der Waals surface area contributed by atoms with E-state index in [1.165, 1.54) is 30.6 Å². The Morgan fingerprint density at radius 2 is 2.00 bits per heavy atom. The zero-order valence-corrected chi connectivity index (χ0v) is 13.1. The molecule has 2 aromatic carbocycles. The molecule has 0 atom stereocenters. The van der Waals surface area contributed by atoms with Crippen LogP contribution in [0, 0.1) is 5.92 Å². The van der Waals surface area contributed by atoms with Gasteiger partial charge in [0.1, 0.15) is 0 Å². The van der Waals surface area contributed by atoms with Crippen LogP contribution in [0.1, 0.15) is 19.3 Å². The van der Waals surface area contributed by atoms with E-state index in [0.29, 0.717) is 5.92 Å². The molecule has 1 aliphatic rings. The Morgan fingerprint density at radius 3 is 2.73 bits per heavy atom. The molecule has 0 radical (unpaired) electrons. The molecule has 4 rings (SSSR count). The summed E-state index contributed by atoms with van der Waals surface area (Å²) in [4.78, 5) is 12.4. The molecular weight excluding hydrogens is 292 g/mol. The van der Waals surface area contributed by atoms with E-state index in [9.17, 15) is 4.79 Å². The van der Waals surface area contributed by atoms with Crippen molar-refractivity contribution in [3.05, 3.63) is 52.1 Å². The average molecular weight is 310 g/mol. The predicted molar refractivity (Wildman–Crippen MR) is 93.3 cm³/mol. The smallest absolute Gasteiger partial charge is 0.308 e. The molecule has 4 heteroatoms. The molecule has 0 amide bonds. The Hall–Kier alpha value is -2.07. The van der Waals surface area contributed by atoms with Crippen LogP contribution in [0.2, 0.25) is 0 Å². The van der Waals surface area contributed by atoms with E-state index >= 15 is 0 Å². The Labute approximate surface area is 133 Å². The van der Waals surface area contributed by atoms with Crippen LogP contribution in [0.15, 0.2) is 47.3 Å². The largest absolute Gasteiger partial charge is 0.398 e. The first-order valence-electron chi connectivity index (χ1n) is 7.70. The SMILES string of the molecule is Nc1ccccc1-c1ccc2c(c1)sc(=O)n2CC1CCC1. The first kappa shape index (κ1) is 13.6. The first-order chi connectivity index (χ1) is 10.7. The van der Waals surface area contributed by atoms with Gasteiger partial charge in [0.25, 0.3) is 0 Å². The second-order valence-electron chi connectivity index (χ2n) is 6.05. The number of nitrogen functional groups attached to an aromatic ring is 1. The highest BCUT2D eigenvalue weighted by atomic mass is 32.1. The van der Waals surface area contributed by atoms with Crippen molar-refractivity contribution in [2.24, 2.45) is 5.92 Å². The number of benzene rings is 2. The summed E-state index contributed by atoms with van der Waals surface area (Å²) in [7, 11) is 0. The second kappa shape index (κ2) is 5.29. The normalized spacial score (nSPS) is 15.1.